The normalized spacial score (nSPS) is 11.0. The highest BCUT2D eigenvalue weighted by atomic mass is 15.1. The zero-order chi connectivity index (χ0) is 22.2. The van der Waals surface area contributed by atoms with Crippen molar-refractivity contribution in [3.63, 3.8) is 0 Å². The first kappa shape index (κ1) is 21.5. The zero-order valence-corrected chi connectivity index (χ0v) is 17.9. The summed E-state index contributed by atoms with van der Waals surface area (Å²) in [6, 6.07) is 19.8. The van der Waals surface area contributed by atoms with E-state index in [0.29, 0.717) is 6.54 Å². The number of hydrogen-bond acceptors (Lipinski definition) is 2. The van der Waals surface area contributed by atoms with Gasteiger partial charge in [0.15, 0.2) is 0 Å². The Labute approximate surface area is 183 Å². The Kier molecular flexibility index (Phi) is 6.98. The monoisotopic (exact) mass is 408 g/mol. The Morgan fingerprint density at radius 1 is 0.806 bits per heavy atom. The van der Waals surface area contributed by atoms with Gasteiger partial charge >= 0.3 is 0 Å². The van der Waals surface area contributed by atoms with Crippen LogP contribution in [0.15, 0.2) is 73.1 Å². The Bertz CT molecular complexity index is 1210. The SMILES string of the molecule is [C-]#[N+]C(C)c1cnc(-c2ccccc2)n1C.[C-]#[N+]Cc1cnc(-c2ccccc2)n1C. The van der Waals surface area contributed by atoms with E-state index >= 15 is 0 Å². The molecule has 6 nitrogen and oxygen atoms in total. The molecule has 0 spiro atoms. The smallest absolute Gasteiger partial charge is 0.262 e. The Morgan fingerprint density at radius 3 is 1.84 bits per heavy atom. The van der Waals surface area contributed by atoms with Crippen molar-refractivity contribution < 1.29 is 0 Å². The molecule has 0 radical (unpaired) electrons. The molecular weight excluding hydrogens is 384 g/mol. The molecule has 154 valence electrons. The minimum absolute atomic E-state index is 0.144. The lowest BCUT2D eigenvalue weighted by molar-refractivity contribution is 0.788. The summed E-state index contributed by atoms with van der Waals surface area (Å²) < 4.78 is 3.95. The molecule has 1 atom stereocenters. The summed E-state index contributed by atoms with van der Waals surface area (Å²) in [5.41, 5.74) is 4.06. The molecule has 0 fully saturated rings. The van der Waals surface area contributed by atoms with Crippen LogP contribution in [0, 0.1) is 13.1 Å². The third kappa shape index (κ3) is 4.88. The Hall–Kier alpha value is -4.16. The van der Waals surface area contributed by atoms with Gasteiger partial charge in [-0.3, -0.25) is 0 Å². The summed E-state index contributed by atoms with van der Waals surface area (Å²) in [6.07, 6.45) is 3.55. The van der Waals surface area contributed by atoms with E-state index in [-0.39, 0.29) is 6.04 Å². The van der Waals surface area contributed by atoms with Crippen molar-refractivity contribution in [2.24, 2.45) is 14.1 Å². The van der Waals surface area contributed by atoms with Gasteiger partial charge < -0.3 is 18.8 Å². The molecule has 4 aromatic rings. The van der Waals surface area contributed by atoms with Gasteiger partial charge in [0.05, 0.1) is 12.4 Å². The zero-order valence-electron chi connectivity index (χ0n) is 17.9. The van der Waals surface area contributed by atoms with Crippen LogP contribution < -0.4 is 0 Å². The molecule has 0 amide bonds. The van der Waals surface area contributed by atoms with Crippen molar-refractivity contribution in [1.82, 2.24) is 19.1 Å². The molecule has 0 aliphatic rings. The molecular formula is C25H24N6. The van der Waals surface area contributed by atoms with Crippen molar-refractivity contribution in [3.8, 4) is 22.8 Å². The van der Waals surface area contributed by atoms with Crippen LogP contribution in [-0.2, 0) is 20.6 Å². The number of aromatic nitrogens is 4. The molecule has 0 aliphatic heterocycles. The Balaban J connectivity index is 0.000000176. The van der Waals surface area contributed by atoms with Crippen molar-refractivity contribution >= 4 is 0 Å². The first-order chi connectivity index (χ1) is 15.1. The molecule has 0 saturated carbocycles. The van der Waals surface area contributed by atoms with Gasteiger partial charge in [-0.2, -0.15) is 0 Å². The number of benzene rings is 2. The largest absolute Gasteiger partial charge is 0.325 e. The number of rotatable bonds is 4. The Morgan fingerprint density at radius 2 is 1.32 bits per heavy atom. The van der Waals surface area contributed by atoms with Crippen molar-refractivity contribution in [2.75, 3.05) is 0 Å². The maximum Gasteiger partial charge on any atom is 0.262 e. The average molecular weight is 409 g/mol. The van der Waals surface area contributed by atoms with Crippen LogP contribution >= 0.6 is 0 Å². The molecule has 2 aromatic heterocycles. The third-order valence-electron chi connectivity index (χ3n) is 5.04. The molecule has 0 aliphatic carbocycles. The van der Waals surface area contributed by atoms with E-state index in [9.17, 15) is 0 Å². The highest BCUT2D eigenvalue weighted by molar-refractivity contribution is 5.56. The van der Waals surface area contributed by atoms with Gasteiger partial charge in [0.25, 0.3) is 12.6 Å². The van der Waals surface area contributed by atoms with Gasteiger partial charge in [-0.1, -0.05) is 60.7 Å². The van der Waals surface area contributed by atoms with E-state index in [2.05, 4.69) is 19.7 Å². The molecule has 4 rings (SSSR count). The van der Waals surface area contributed by atoms with Crippen LogP contribution in [0.3, 0.4) is 0 Å². The summed E-state index contributed by atoms with van der Waals surface area (Å²) in [5, 5.41) is 0. The molecule has 2 aromatic carbocycles. The minimum Gasteiger partial charge on any atom is -0.325 e. The number of imidazole rings is 2. The van der Waals surface area contributed by atoms with Crippen LogP contribution in [0.5, 0.6) is 0 Å². The third-order valence-corrected chi connectivity index (χ3v) is 5.04. The summed E-state index contributed by atoms with van der Waals surface area (Å²) in [6.45, 7) is 16.1. The van der Waals surface area contributed by atoms with Crippen LogP contribution in [0.25, 0.3) is 32.5 Å². The van der Waals surface area contributed by atoms with Crippen molar-refractivity contribution in [3.05, 3.63) is 107 Å². The van der Waals surface area contributed by atoms with Gasteiger partial charge in [0, 0.05) is 32.1 Å². The second kappa shape index (κ2) is 10.0. The minimum atomic E-state index is -0.144. The summed E-state index contributed by atoms with van der Waals surface area (Å²) in [4.78, 5) is 15.6. The second-order valence-electron chi connectivity index (χ2n) is 7.05. The maximum atomic E-state index is 7.04. The standard InChI is InChI=1S/C13H13N3.C12H11N3/c1-10(14-2)12-9-15-13(16(12)3)11-7-5-4-6-8-11;1-13-8-11-9-14-12(15(11)2)10-6-4-3-5-7-10/h4-10H,1,3H3;3-7,9H,8H2,2H3. The molecule has 1 unspecified atom stereocenters. The molecule has 31 heavy (non-hydrogen) atoms. The van der Waals surface area contributed by atoms with E-state index in [0.717, 1.165) is 34.2 Å². The van der Waals surface area contributed by atoms with E-state index < -0.39 is 0 Å². The van der Waals surface area contributed by atoms with Crippen LogP contribution in [-0.4, -0.2) is 19.1 Å². The summed E-state index contributed by atoms with van der Waals surface area (Å²) in [5.74, 6) is 1.82. The predicted octanol–water partition coefficient (Wildman–Crippen LogP) is 5.57. The summed E-state index contributed by atoms with van der Waals surface area (Å²) in [7, 11) is 3.89. The summed E-state index contributed by atoms with van der Waals surface area (Å²) >= 11 is 0. The molecule has 0 saturated heterocycles. The lowest BCUT2D eigenvalue weighted by Crippen LogP contribution is -1.99. The lowest BCUT2D eigenvalue weighted by Gasteiger charge is -2.04. The first-order valence-corrected chi connectivity index (χ1v) is 9.89. The van der Waals surface area contributed by atoms with Crippen molar-refractivity contribution in [2.45, 2.75) is 19.5 Å². The van der Waals surface area contributed by atoms with E-state index in [1.807, 2.05) is 90.8 Å². The van der Waals surface area contributed by atoms with Crippen LogP contribution in [0.4, 0.5) is 0 Å². The molecule has 0 bridgehead atoms. The van der Waals surface area contributed by atoms with Crippen LogP contribution in [0.1, 0.15) is 24.4 Å². The highest BCUT2D eigenvalue weighted by Gasteiger charge is 2.16. The van der Waals surface area contributed by atoms with E-state index in [4.69, 9.17) is 13.1 Å². The van der Waals surface area contributed by atoms with Crippen molar-refractivity contribution in [1.29, 1.82) is 0 Å². The first-order valence-electron chi connectivity index (χ1n) is 9.89. The van der Waals surface area contributed by atoms with E-state index in [1.54, 1.807) is 12.4 Å². The van der Waals surface area contributed by atoms with E-state index in [1.165, 1.54) is 0 Å². The van der Waals surface area contributed by atoms with Gasteiger partial charge in [0.2, 0.25) is 0 Å². The fraction of sp³-hybridized carbons (Fsp3) is 0.200. The molecule has 2 heterocycles. The van der Waals surface area contributed by atoms with Gasteiger partial charge in [-0.15, -0.1) is 0 Å². The average Bonchev–Trinajstić information content (AvgIpc) is 3.38. The fourth-order valence-electron chi connectivity index (χ4n) is 3.26. The number of hydrogen-bond donors (Lipinski definition) is 0. The molecule has 6 heteroatoms. The molecule has 0 N–H and O–H groups in total. The topological polar surface area (TPSA) is 44.4 Å². The van der Waals surface area contributed by atoms with Gasteiger partial charge in [-0.25, -0.2) is 23.1 Å². The highest BCUT2D eigenvalue weighted by Crippen LogP contribution is 2.23. The maximum absolute atomic E-state index is 7.04. The van der Waals surface area contributed by atoms with Gasteiger partial charge in [0.1, 0.15) is 23.0 Å². The fourth-order valence-corrected chi connectivity index (χ4v) is 3.26. The van der Waals surface area contributed by atoms with Crippen LogP contribution in [0.2, 0.25) is 0 Å². The quantitative estimate of drug-likeness (QED) is 0.414. The lowest BCUT2D eigenvalue weighted by atomic mass is 10.2. The van der Waals surface area contributed by atoms with Gasteiger partial charge in [-0.05, 0) is 0 Å². The predicted molar refractivity (Wildman–Crippen MR) is 123 cm³/mol. The number of nitrogens with zero attached hydrogens (tertiary/aromatic N) is 6. The second-order valence-corrected chi connectivity index (χ2v) is 7.05.